The Bertz CT molecular complexity index is 1030. The first-order valence-corrected chi connectivity index (χ1v) is 11.4. The first kappa shape index (κ1) is 19.5. The van der Waals surface area contributed by atoms with Crippen LogP contribution < -0.4 is 0 Å². The van der Waals surface area contributed by atoms with Gasteiger partial charge in [0.05, 0.1) is 5.56 Å². The van der Waals surface area contributed by atoms with E-state index in [2.05, 4.69) is 38.1 Å². The Labute approximate surface area is 178 Å². The summed E-state index contributed by atoms with van der Waals surface area (Å²) in [4.78, 5) is 25.7. The van der Waals surface area contributed by atoms with Crippen molar-refractivity contribution < 1.29 is 14.3 Å². The van der Waals surface area contributed by atoms with E-state index in [1.165, 1.54) is 24.8 Å². The molecule has 0 N–H and O–H groups in total. The van der Waals surface area contributed by atoms with Gasteiger partial charge < -0.3 is 4.74 Å². The molecule has 30 heavy (non-hydrogen) atoms. The van der Waals surface area contributed by atoms with Gasteiger partial charge in [-0.25, -0.2) is 4.79 Å². The van der Waals surface area contributed by atoms with Gasteiger partial charge in [-0.05, 0) is 67.3 Å². The van der Waals surface area contributed by atoms with Crippen LogP contribution in [0.5, 0.6) is 0 Å². The predicted octanol–water partition coefficient (Wildman–Crippen LogP) is 6.21. The maximum atomic E-state index is 13.2. The number of hydrogen-bond donors (Lipinski definition) is 0. The largest absolute Gasteiger partial charge is 0.456 e. The standard InChI is InChI=1S/C27H30O3/c1-27(2,18-8-4-3-5-9-18)30-26(29)23-13-7-10-19-20(23)11-6-12-21(19)24-16-17-14-15-22(24)25(17)28/h6-7,10-15,17-18,22,24H,3-5,8-9,16H2,1-2H3. The number of allylic oxidation sites excluding steroid dienone is 2. The molecule has 2 saturated carbocycles. The molecule has 0 radical (unpaired) electrons. The van der Waals surface area contributed by atoms with Gasteiger partial charge in [-0.15, -0.1) is 0 Å². The third-order valence-corrected chi connectivity index (χ3v) is 7.71. The van der Waals surface area contributed by atoms with Crippen molar-refractivity contribution in [1.82, 2.24) is 0 Å². The molecule has 0 spiro atoms. The number of hydrogen-bond acceptors (Lipinski definition) is 3. The summed E-state index contributed by atoms with van der Waals surface area (Å²) >= 11 is 0. The van der Waals surface area contributed by atoms with Crippen LogP contribution in [-0.2, 0) is 9.53 Å². The fourth-order valence-electron chi connectivity index (χ4n) is 5.97. The lowest BCUT2D eigenvalue weighted by atomic mass is 9.78. The average Bonchev–Trinajstić information content (AvgIpc) is 3.27. The number of ketones is 1. The second-order valence-electron chi connectivity index (χ2n) is 9.84. The van der Waals surface area contributed by atoms with E-state index in [4.69, 9.17) is 4.74 Å². The molecule has 2 aromatic rings. The van der Waals surface area contributed by atoms with Crippen LogP contribution in [0.25, 0.3) is 10.8 Å². The van der Waals surface area contributed by atoms with E-state index in [9.17, 15) is 9.59 Å². The van der Waals surface area contributed by atoms with Gasteiger partial charge in [0.1, 0.15) is 11.4 Å². The van der Waals surface area contributed by atoms with Crippen molar-refractivity contribution >= 4 is 22.5 Å². The molecule has 5 rings (SSSR count). The van der Waals surface area contributed by atoms with Crippen molar-refractivity contribution in [3.63, 3.8) is 0 Å². The lowest BCUT2D eigenvalue weighted by Gasteiger charge is -2.36. The minimum atomic E-state index is -0.459. The van der Waals surface area contributed by atoms with Gasteiger partial charge in [0.2, 0.25) is 0 Å². The molecule has 3 aliphatic rings. The van der Waals surface area contributed by atoms with Crippen LogP contribution in [0.15, 0.2) is 48.6 Å². The molecule has 2 aromatic carbocycles. The third-order valence-electron chi connectivity index (χ3n) is 7.71. The topological polar surface area (TPSA) is 43.4 Å². The Kier molecular flexibility index (Phi) is 4.80. The number of ether oxygens (including phenoxy) is 1. The number of rotatable bonds is 4. The van der Waals surface area contributed by atoms with E-state index >= 15 is 0 Å². The minimum Gasteiger partial charge on any atom is -0.456 e. The van der Waals surface area contributed by atoms with Crippen LogP contribution in [0.1, 0.15) is 74.2 Å². The van der Waals surface area contributed by atoms with E-state index < -0.39 is 5.60 Å². The van der Waals surface area contributed by atoms with Crippen LogP contribution in [0.2, 0.25) is 0 Å². The Hall–Kier alpha value is -2.42. The summed E-state index contributed by atoms with van der Waals surface area (Å²) in [6.07, 6.45) is 11.0. The van der Waals surface area contributed by atoms with Crippen molar-refractivity contribution in [2.75, 3.05) is 0 Å². The molecule has 3 nitrogen and oxygen atoms in total. The molecule has 3 unspecified atom stereocenters. The van der Waals surface area contributed by atoms with Crippen molar-refractivity contribution in [2.24, 2.45) is 17.8 Å². The summed E-state index contributed by atoms with van der Waals surface area (Å²) < 4.78 is 6.10. The molecule has 0 aromatic heterocycles. The van der Waals surface area contributed by atoms with Crippen molar-refractivity contribution in [3.05, 3.63) is 59.7 Å². The molecular weight excluding hydrogens is 372 g/mol. The number of fused-ring (bicyclic) bond motifs is 3. The molecule has 3 atom stereocenters. The van der Waals surface area contributed by atoms with Crippen molar-refractivity contribution in [1.29, 1.82) is 0 Å². The minimum absolute atomic E-state index is 0.0126. The Morgan fingerprint density at radius 2 is 1.70 bits per heavy atom. The fraction of sp³-hybridized carbons (Fsp3) is 0.481. The summed E-state index contributed by atoms with van der Waals surface area (Å²) in [5, 5.41) is 2.00. The quantitative estimate of drug-likeness (QED) is 0.451. The molecule has 2 bridgehead atoms. The monoisotopic (exact) mass is 402 g/mol. The van der Waals surface area contributed by atoms with Crippen LogP contribution in [0, 0.1) is 17.8 Å². The van der Waals surface area contributed by atoms with Crippen LogP contribution in [0.4, 0.5) is 0 Å². The van der Waals surface area contributed by atoms with Gasteiger partial charge >= 0.3 is 5.97 Å². The highest BCUT2D eigenvalue weighted by Crippen LogP contribution is 2.48. The van der Waals surface area contributed by atoms with Crippen molar-refractivity contribution in [2.45, 2.75) is 63.9 Å². The molecular formula is C27H30O3. The van der Waals surface area contributed by atoms with Gasteiger partial charge in [-0.3, -0.25) is 4.79 Å². The maximum Gasteiger partial charge on any atom is 0.339 e. The number of benzene rings is 2. The van der Waals surface area contributed by atoms with Gasteiger partial charge in [0.25, 0.3) is 0 Å². The van der Waals surface area contributed by atoms with Crippen LogP contribution >= 0.6 is 0 Å². The molecule has 2 fully saturated rings. The summed E-state index contributed by atoms with van der Waals surface area (Å²) in [6, 6.07) is 12.0. The SMILES string of the molecule is CC(C)(OC(=O)c1cccc2c(C3CC4C=CC3C4=O)cccc12)C1CCCCC1. The first-order chi connectivity index (χ1) is 14.5. The van der Waals surface area contributed by atoms with Crippen LogP contribution in [0.3, 0.4) is 0 Å². The highest BCUT2D eigenvalue weighted by molar-refractivity contribution is 6.06. The van der Waals surface area contributed by atoms with Gasteiger partial charge in [0, 0.05) is 11.8 Å². The zero-order valence-electron chi connectivity index (χ0n) is 17.9. The number of carbonyl (C=O) groups excluding carboxylic acids is 2. The lowest BCUT2D eigenvalue weighted by molar-refractivity contribution is -0.120. The molecule has 0 amide bonds. The maximum absolute atomic E-state index is 13.2. The summed E-state index contributed by atoms with van der Waals surface area (Å²) in [5.74, 6) is 0.800. The number of carbonyl (C=O) groups is 2. The molecule has 0 heterocycles. The van der Waals surface area contributed by atoms with Gasteiger partial charge in [0.15, 0.2) is 0 Å². The normalized spacial score (nSPS) is 26.5. The molecule has 0 aliphatic heterocycles. The molecule has 3 heteroatoms. The highest BCUT2D eigenvalue weighted by Gasteiger charge is 2.44. The molecule has 3 aliphatic carbocycles. The zero-order chi connectivity index (χ0) is 20.9. The Morgan fingerprint density at radius 3 is 2.40 bits per heavy atom. The van der Waals surface area contributed by atoms with Crippen LogP contribution in [-0.4, -0.2) is 17.4 Å². The van der Waals surface area contributed by atoms with Gasteiger partial charge in [-0.1, -0.05) is 61.7 Å². The van der Waals surface area contributed by atoms with E-state index in [0.29, 0.717) is 17.3 Å². The van der Waals surface area contributed by atoms with E-state index in [0.717, 1.165) is 30.0 Å². The second-order valence-corrected chi connectivity index (χ2v) is 9.84. The predicted molar refractivity (Wildman–Crippen MR) is 119 cm³/mol. The number of Topliss-reactive ketones (excluding diaryl/α,β-unsaturated/α-hetero) is 1. The second kappa shape index (κ2) is 7.37. The lowest BCUT2D eigenvalue weighted by Crippen LogP contribution is -2.38. The fourth-order valence-corrected chi connectivity index (χ4v) is 5.97. The van der Waals surface area contributed by atoms with E-state index in [1.54, 1.807) is 0 Å². The summed E-state index contributed by atoms with van der Waals surface area (Å²) in [5.41, 5.74) is 1.35. The average molecular weight is 403 g/mol. The van der Waals surface area contributed by atoms with E-state index in [1.807, 2.05) is 24.3 Å². The Morgan fingerprint density at radius 1 is 0.967 bits per heavy atom. The summed E-state index contributed by atoms with van der Waals surface area (Å²) in [7, 11) is 0. The van der Waals surface area contributed by atoms with Crippen molar-refractivity contribution in [3.8, 4) is 0 Å². The smallest absolute Gasteiger partial charge is 0.339 e. The Balaban J connectivity index is 1.46. The zero-order valence-corrected chi connectivity index (χ0v) is 17.9. The van der Waals surface area contributed by atoms with E-state index in [-0.39, 0.29) is 23.7 Å². The first-order valence-electron chi connectivity index (χ1n) is 11.4. The number of esters is 1. The summed E-state index contributed by atoms with van der Waals surface area (Å²) in [6.45, 7) is 4.12. The molecule has 0 saturated heterocycles. The van der Waals surface area contributed by atoms with Gasteiger partial charge in [-0.2, -0.15) is 0 Å². The highest BCUT2D eigenvalue weighted by atomic mass is 16.6. The molecule has 156 valence electrons. The third kappa shape index (κ3) is 3.19.